The van der Waals surface area contributed by atoms with Crippen LogP contribution in [-0.2, 0) is 4.79 Å². The van der Waals surface area contributed by atoms with Crippen LogP contribution in [-0.4, -0.2) is 21.8 Å². The number of pyridine rings is 1. The summed E-state index contributed by atoms with van der Waals surface area (Å²) in [6.07, 6.45) is 5.11. The topological polar surface area (TPSA) is 76.5 Å². The van der Waals surface area contributed by atoms with Crippen LogP contribution >= 0.6 is 11.6 Å². The van der Waals surface area contributed by atoms with Crippen LogP contribution in [0.5, 0.6) is 11.5 Å². The predicted molar refractivity (Wildman–Crippen MR) is 88.6 cm³/mol. The van der Waals surface area contributed by atoms with Gasteiger partial charge in [-0.2, -0.15) is 0 Å². The highest BCUT2D eigenvalue weighted by Gasteiger charge is 2.38. The van der Waals surface area contributed by atoms with E-state index in [-0.39, 0.29) is 5.78 Å². The fourth-order valence-electron chi connectivity index (χ4n) is 3.05. The number of carboxylic acids is 1. The number of aromatic nitrogens is 1. The van der Waals surface area contributed by atoms with E-state index in [1.807, 2.05) is 0 Å². The lowest BCUT2D eigenvalue weighted by Crippen LogP contribution is -2.25. The maximum Gasteiger partial charge on any atom is 0.307 e. The van der Waals surface area contributed by atoms with E-state index in [9.17, 15) is 14.7 Å². The molecule has 5 nitrogen and oxygen atoms in total. The number of halogens is 1. The maximum atomic E-state index is 12.6. The molecule has 6 heteroatoms. The highest BCUT2D eigenvalue weighted by atomic mass is 35.5. The minimum Gasteiger partial charge on any atom is -0.481 e. The lowest BCUT2D eigenvalue weighted by molar-refractivity contribution is -0.142. The summed E-state index contributed by atoms with van der Waals surface area (Å²) in [5, 5.41) is 9.55. The van der Waals surface area contributed by atoms with Gasteiger partial charge in [0.15, 0.2) is 5.78 Å². The van der Waals surface area contributed by atoms with E-state index < -0.39 is 17.8 Å². The first-order valence-electron chi connectivity index (χ1n) is 7.70. The number of hydrogen-bond donors (Lipinski definition) is 1. The third kappa shape index (κ3) is 3.41. The van der Waals surface area contributed by atoms with Crippen LogP contribution in [0, 0.1) is 11.8 Å². The molecule has 2 atom stereocenters. The molecule has 24 heavy (non-hydrogen) atoms. The van der Waals surface area contributed by atoms with E-state index in [0.717, 1.165) is 6.42 Å². The van der Waals surface area contributed by atoms with Crippen LogP contribution in [0.4, 0.5) is 0 Å². The minimum absolute atomic E-state index is 0.169. The number of aliphatic carboxylic acids is 1. The number of ketones is 1. The molecule has 0 radical (unpaired) electrons. The van der Waals surface area contributed by atoms with Gasteiger partial charge in [-0.25, -0.2) is 0 Å². The molecule has 0 aliphatic heterocycles. The average molecular weight is 346 g/mol. The van der Waals surface area contributed by atoms with Crippen molar-refractivity contribution in [2.45, 2.75) is 19.3 Å². The van der Waals surface area contributed by atoms with E-state index in [1.165, 1.54) is 6.07 Å². The van der Waals surface area contributed by atoms with Crippen molar-refractivity contribution in [1.82, 2.24) is 4.98 Å². The number of carbonyl (C=O) groups is 2. The molecule has 1 aliphatic rings. The van der Waals surface area contributed by atoms with Gasteiger partial charge in [-0.05, 0) is 43.2 Å². The highest BCUT2D eigenvalue weighted by Crippen LogP contribution is 2.36. The lowest BCUT2D eigenvalue weighted by Gasteiger charge is -2.15. The van der Waals surface area contributed by atoms with Crippen molar-refractivity contribution in [1.29, 1.82) is 0 Å². The Hall–Kier alpha value is -2.40. The summed E-state index contributed by atoms with van der Waals surface area (Å²) in [6, 6.07) is 8.19. The minimum atomic E-state index is -0.908. The van der Waals surface area contributed by atoms with E-state index in [4.69, 9.17) is 16.3 Å². The zero-order valence-corrected chi connectivity index (χ0v) is 13.6. The van der Waals surface area contributed by atoms with Gasteiger partial charge in [-0.1, -0.05) is 18.0 Å². The Kier molecular flexibility index (Phi) is 4.81. The smallest absolute Gasteiger partial charge is 0.307 e. The number of hydrogen-bond acceptors (Lipinski definition) is 4. The number of Topliss-reactive ketones (excluding diaryl/α,β-unsaturated/α-hetero) is 1. The van der Waals surface area contributed by atoms with Gasteiger partial charge in [0.2, 0.25) is 0 Å². The quantitative estimate of drug-likeness (QED) is 0.821. The summed E-state index contributed by atoms with van der Waals surface area (Å²) in [5.74, 6) is -1.14. The molecule has 1 unspecified atom stereocenters. The molecule has 124 valence electrons. The fourth-order valence-corrected chi connectivity index (χ4v) is 3.27. The first-order chi connectivity index (χ1) is 11.6. The summed E-state index contributed by atoms with van der Waals surface area (Å²) in [4.78, 5) is 27.8. The van der Waals surface area contributed by atoms with Crippen molar-refractivity contribution in [3.05, 3.63) is 53.3 Å². The van der Waals surface area contributed by atoms with E-state index in [1.54, 1.807) is 36.7 Å². The van der Waals surface area contributed by atoms with Crippen molar-refractivity contribution < 1.29 is 19.4 Å². The molecule has 1 aliphatic carbocycles. The summed E-state index contributed by atoms with van der Waals surface area (Å²) >= 11 is 6.22. The largest absolute Gasteiger partial charge is 0.481 e. The molecule has 1 saturated carbocycles. The number of carbonyl (C=O) groups excluding carboxylic acids is 1. The van der Waals surface area contributed by atoms with Crippen molar-refractivity contribution in [2.75, 3.05) is 0 Å². The zero-order chi connectivity index (χ0) is 17.1. The SMILES string of the molecule is O=C(c1ccc(Oc2ccncc2)c(Cl)c1)C1CCC[C@H]1C(=O)O. The Morgan fingerprint density at radius 1 is 1.12 bits per heavy atom. The Labute approximate surface area is 144 Å². The molecule has 0 bridgehead atoms. The number of rotatable bonds is 5. The molecule has 1 aromatic heterocycles. The molecular weight excluding hydrogens is 330 g/mol. The van der Waals surface area contributed by atoms with Gasteiger partial charge in [0.1, 0.15) is 11.5 Å². The van der Waals surface area contributed by atoms with Crippen molar-refractivity contribution >= 4 is 23.4 Å². The number of carboxylic acid groups (broad SMARTS) is 1. The van der Waals surface area contributed by atoms with Crippen LogP contribution in [0.3, 0.4) is 0 Å². The molecule has 1 aromatic carbocycles. The van der Waals surface area contributed by atoms with Crippen LogP contribution in [0.2, 0.25) is 5.02 Å². The lowest BCUT2D eigenvalue weighted by atomic mass is 9.88. The number of benzene rings is 1. The van der Waals surface area contributed by atoms with Crippen molar-refractivity contribution in [3.63, 3.8) is 0 Å². The van der Waals surface area contributed by atoms with Gasteiger partial charge in [-0.15, -0.1) is 0 Å². The van der Waals surface area contributed by atoms with Gasteiger partial charge in [-0.3, -0.25) is 14.6 Å². The van der Waals surface area contributed by atoms with Crippen LogP contribution in [0.25, 0.3) is 0 Å². The van der Waals surface area contributed by atoms with Gasteiger partial charge in [0.25, 0.3) is 0 Å². The number of ether oxygens (including phenoxy) is 1. The van der Waals surface area contributed by atoms with Gasteiger partial charge in [0.05, 0.1) is 10.9 Å². The van der Waals surface area contributed by atoms with Gasteiger partial charge < -0.3 is 9.84 Å². The molecule has 1 heterocycles. The van der Waals surface area contributed by atoms with E-state index in [2.05, 4.69) is 4.98 Å². The second-order valence-corrected chi connectivity index (χ2v) is 6.18. The average Bonchev–Trinajstić information content (AvgIpc) is 3.07. The summed E-state index contributed by atoms with van der Waals surface area (Å²) < 4.78 is 5.65. The Bertz CT molecular complexity index is 763. The Morgan fingerprint density at radius 2 is 1.83 bits per heavy atom. The second kappa shape index (κ2) is 7.01. The molecule has 1 N–H and O–H groups in total. The normalized spacial score (nSPS) is 19.9. The van der Waals surface area contributed by atoms with Crippen LogP contribution in [0.15, 0.2) is 42.7 Å². The number of nitrogens with zero attached hydrogens (tertiary/aromatic N) is 1. The van der Waals surface area contributed by atoms with E-state index in [0.29, 0.717) is 34.9 Å². The third-order valence-corrected chi connectivity index (χ3v) is 4.56. The third-order valence-electron chi connectivity index (χ3n) is 4.26. The first kappa shape index (κ1) is 16.5. The fraction of sp³-hybridized carbons (Fsp3) is 0.278. The molecule has 0 amide bonds. The summed E-state index contributed by atoms with van der Waals surface area (Å²) in [7, 11) is 0. The van der Waals surface area contributed by atoms with E-state index >= 15 is 0 Å². The van der Waals surface area contributed by atoms with Crippen molar-refractivity contribution in [3.8, 4) is 11.5 Å². The Balaban J connectivity index is 1.79. The van der Waals surface area contributed by atoms with Crippen molar-refractivity contribution in [2.24, 2.45) is 11.8 Å². The Morgan fingerprint density at radius 3 is 2.50 bits per heavy atom. The standard InChI is InChI=1S/C18H16ClNO4/c19-15-10-11(17(21)13-2-1-3-14(13)18(22)23)4-5-16(15)24-12-6-8-20-9-7-12/h4-10,13-14H,1-3H2,(H,22,23)/t13?,14-/m1/s1. The maximum absolute atomic E-state index is 12.6. The molecular formula is C18H16ClNO4. The molecule has 0 saturated heterocycles. The molecule has 0 spiro atoms. The zero-order valence-electron chi connectivity index (χ0n) is 12.8. The van der Waals surface area contributed by atoms with Gasteiger partial charge in [0, 0.05) is 23.9 Å². The van der Waals surface area contributed by atoms with Gasteiger partial charge >= 0.3 is 5.97 Å². The van der Waals surface area contributed by atoms with Crippen LogP contribution < -0.4 is 4.74 Å². The molecule has 3 rings (SSSR count). The molecule has 1 fully saturated rings. The molecule has 2 aromatic rings. The monoisotopic (exact) mass is 345 g/mol. The first-order valence-corrected chi connectivity index (χ1v) is 8.08. The highest BCUT2D eigenvalue weighted by molar-refractivity contribution is 6.32. The summed E-state index contributed by atoms with van der Waals surface area (Å²) in [5.41, 5.74) is 0.417. The predicted octanol–water partition coefficient (Wildman–Crippen LogP) is 4.21. The van der Waals surface area contributed by atoms with Crippen LogP contribution in [0.1, 0.15) is 29.6 Å². The second-order valence-electron chi connectivity index (χ2n) is 5.78. The summed E-state index contributed by atoms with van der Waals surface area (Å²) in [6.45, 7) is 0.